The first-order chi connectivity index (χ1) is 8.72. The van der Waals surface area contributed by atoms with Gasteiger partial charge >= 0.3 is 0 Å². The van der Waals surface area contributed by atoms with E-state index in [0.717, 1.165) is 12.0 Å². The van der Waals surface area contributed by atoms with Crippen LogP contribution in [0.15, 0.2) is 48.5 Å². The highest BCUT2D eigenvalue weighted by atomic mass is 19.1. The molecule has 2 nitrogen and oxygen atoms in total. The number of aliphatic hydroxyl groups excluding tert-OH is 1. The van der Waals surface area contributed by atoms with Gasteiger partial charge in [0.15, 0.2) is 0 Å². The Labute approximate surface area is 106 Å². The molecular weight excluding hydrogens is 229 g/mol. The van der Waals surface area contributed by atoms with E-state index in [0.29, 0.717) is 17.7 Å². The smallest absolute Gasteiger partial charge is 0.129 e. The summed E-state index contributed by atoms with van der Waals surface area (Å²) in [5.41, 5.74) is 7.56. The van der Waals surface area contributed by atoms with Gasteiger partial charge in [-0.2, -0.15) is 0 Å². The van der Waals surface area contributed by atoms with Gasteiger partial charge in [0.1, 0.15) is 11.9 Å². The Morgan fingerprint density at radius 3 is 2.33 bits per heavy atom. The predicted octanol–water partition coefficient (Wildman–Crippen LogP) is 2.41. The average Bonchev–Trinajstić information content (AvgIpc) is 2.40. The number of nitrogens with two attached hydrogens (primary N) is 1. The number of hydrogen-bond donors (Lipinski definition) is 2. The summed E-state index contributed by atoms with van der Waals surface area (Å²) in [5, 5.41) is 10.1. The van der Waals surface area contributed by atoms with Crippen LogP contribution in [0.5, 0.6) is 0 Å². The minimum atomic E-state index is -0.932. The van der Waals surface area contributed by atoms with Gasteiger partial charge < -0.3 is 10.8 Å². The Balaban J connectivity index is 2.23. The zero-order chi connectivity index (χ0) is 13.0. The maximum absolute atomic E-state index is 13.5. The molecule has 3 N–H and O–H groups in total. The molecular formula is C15H16FNO. The molecule has 0 saturated carbocycles. The normalized spacial score (nSPS) is 12.4. The summed E-state index contributed by atoms with van der Waals surface area (Å²) < 4.78 is 13.5. The summed E-state index contributed by atoms with van der Waals surface area (Å²) in [7, 11) is 0. The van der Waals surface area contributed by atoms with E-state index < -0.39 is 11.9 Å². The molecule has 0 fully saturated rings. The Bertz CT molecular complexity index is 510. The minimum absolute atomic E-state index is 0.295. The van der Waals surface area contributed by atoms with Gasteiger partial charge in [-0.15, -0.1) is 0 Å². The van der Waals surface area contributed by atoms with E-state index in [9.17, 15) is 9.50 Å². The second kappa shape index (κ2) is 5.76. The molecule has 94 valence electrons. The molecule has 1 atom stereocenters. The van der Waals surface area contributed by atoms with E-state index in [1.165, 1.54) is 6.07 Å². The van der Waals surface area contributed by atoms with Gasteiger partial charge in [0.05, 0.1) is 0 Å². The fraction of sp³-hybridized carbons (Fsp3) is 0.200. The van der Waals surface area contributed by atoms with Crippen molar-refractivity contribution in [2.24, 2.45) is 5.73 Å². The maximum atomic E-state index is 13.5. The van der Waals surface area contributed by atoms with Crippen molar-refractivity contribution >= 4 is 0 Å². The quantitative estimate of drug-likeness (QED) is 0.869. The molecule has 0 spiro atoms. The first-order valence-corrected chi connectivity index (χ1v) is 5.94. The van der Waals surface area contributed by atoms with Crippen LogP contribution in [0.4, 0.5) is 4.39 Å². The molecule has 0 saturated heterocycles. The maximum Gasteiger partial charge on any atom is 0.129 e. The lowest BCUT2D eigenvalue weighted by molar-refractivity contribution is 0.215. The molecule has 3 heteroatoms. The van der Waals surface area contributed by atoms with Gasteiger partial charge in [-0.3, -0.25) is 0 Å². The minimum Gasteiger partial charge on any atom is -0.384 e. The molecule has 2 aromatic carbocycles. The zero-order valence-corrected chi connectivity index (χ0v) is 10.0. The monoisotopic (exact) mass is 245 g/mol. The van der Waals surface area contributed by atoms with Crippen molar-refractivity contribution in [1.29, 1.82) is 0 Å². The highest BCUT2D eigenvalue weighted by Gasteiger charge is 2.13. The van der Waals surface area contributed by atoms with E-state index in [1.54, 1.807) is 18.2 Å². The SMILES string of the molecule is NCCc1ccc(C(O)c2ccccc2F)cc1. The first-order valence-electron chi connectivity index (χ1n) is 5.94. The largest absolute Gasteiger partial charge is 0.384 e. The Kier molecular flexibility index (Phi) is 4.07. The third-order valence-electron chi connectivity index (χ3n) is 2.93. The number of aliphatic hydroxyl groups is 1. The predicted molar refractivity (Wildman–Crippen MR) is 69.7 cm³/mol. The van der Waals surface area contributed by atoms with Gasteiger partial charge in [0.25, 0.3) is 0 Å². The second-order valence-corrected chi connectivity index (χ2v) is 4.20. The van der Waals surface area contributed by atoms with Crippen LogP contribution in [0.3, 0.4) is 0 Å². The van der Waals surface area contributed by atoms with Gasteiger partial charge in [-0.25, -0.2) is 4.39 Å². The summed E-state index contributed by atoms with van der Waals surface area (Å²) in [5.74, 6) is -0.393. The lowest BCUT2D eigenvalue weighted by Crippen LogP contribution is -2.04. The fourth-order valence-corrected chi connectivity index (χ4v) is 1.91. The van der Waals surface area contributed by atoms with Crippen molar-refractivity contribution in [1.82, 2.24) is 0 Å². The molecule has 0 amide bonds. The number of rotatable bonds is 4. The molecule has 0 aromatic heterocycles. The van der Waals surface area contributed by atoms with Crippen LogP contribution in [0.2, 0.25) is 0 Å². The van der Waals surface area contributed by atoms with E-state index in [2.05, 4.69) is 0 Å². The average molecular weight is 245 g/mol. The summed E-state index contributed by atoms with van der Waals surface area (Å²) in [4.78, 5) is 0. The first kappa shape index (κ1) is 12.7. The zero-order valence-electron chi connectivity index (χ0n) is 10.0. The Hall–Kier alpha value is -1.71. The van der Waals surface area contributed by atoms with Gasteiger partial charge in [-0.05, 0) is 30.2 Å². The molecule has 0 aliphatic heterocycles. The summed E-state index contributed by atoms with van der Waals surface area (Å²) in [6.07, 6.45) is -0.131. The van der Waals surface area contributed by atoms with Crippen LogP contribution in [0, 0.1) is 5.82 Å². The summed E-state index contributed by atoms with van der Waals surface area (Å²) >= 11 is 0. The standard InChI is InChI=1S/C15H16FNO/c16-14-4-2-1-3-13(14)15(18)12-7-5-11(6-8-12)9-10-17/h1-8,15,18H,9-10,17H2. The van der Waals surface area contributed by atoms with Crippen LogP contribution in [-0.4, -0.2) is 11.7 Å². The van der Waals surface area contributed by atoms with Crippen molar-refractivity contribution < 1.29 is 9.50 Å². The molecule has 2 rings (SSSR count). The second-order valence-electron chi connectivity index (χ2n) is 4.20. The lowest BCUT2D eigenvalue weighted by atomic mass is 9.99. The highest BCUT2D eigenvalue weighted by molar-refractivity contribution is 5.32. The third kappa shape index (κ3) is 2.75. The van der Waals surface area contributed by atoms with Gasteiger partial charge in [0.2, 0.25) is 0 Å². The number of halogens is 1. The van der Waals surface area contributed by atoms with Crippen LogP contribution >= 0.6 is 0 Å². The van der Waals surface area contributed by atoms with E-state index in [-0.39, 0.29) is 0 Å². The van der Waals surface area contributed by atoms with Gasteiger partial charge in [0, 0.05) is 5.56 Å². The van der Waals surface area contributed by atoms with Crippen molar-refractivity contribution in [3.05, 3.63) is 71.0 Å². The van der Waals surface area contributed by atoms with Crippen molar-refractivity contribution in [2.45, 2.75) is 12.5 Å². The van der Waals surface area contributed by atoms with Crippen LogP contribution in [0.1, 0.15) is 22.8 Å². The molecule has 2 aromatic rings. The lowest BCUT2D eigenvalue weighted by Gasteiger charge is -2.12. The molecule has 0 radical (unpaired) electrons. The van der Waals surface area contributed by atoms with Crippen LogP contribution < -0.4 is 5.73 Å². The van der Waals surface area contributed by atoms with E-state index >= 15 is 0 Å². The van der Waals surface area contributed by atoms with Gasteiger partial charge in [-0.1, -0.05) is 42.5 Å². The Morgan fingerprint density at radius 2 is 1.72 bits per heavy atom. The topological polar surface area (TPSA) is 46.2 Å². The molecule has 18 heavy (non-hydrogen) atoms. The molecule has 1 unspecified atom stereocenters. The highest BCUT2D eigenvalue weighted by Crippen LogP contribution is 2.24. The fourth-order valence-electron chi connectivity index (χ4n) is 1.91. The summed E-state index contributed by atoms with van der Waals surface area (Å²) in [6.45, 7) is 0.592. The molecule has 0 bridgehead atoms. The molecule has 0 aliphatic rings. The van der Waals surface area contributed by atoms with E-state index in [4.69, 9.17) is 5.73 Å². The molecule has 0 heterocycles. The van der Waals surface area contributed by atoms with Crippen molar-refractivity contribution in [3.8, 4) is 0 Å². The van der Waals surface area contributed by atoms with Crippen molar-refractivity contribution in [3.63, 3.8) is 0 Å². The van der Waals surface area contributed by atoms with Crippen LogP contribution in [0.25, 0.3) is 0 Å². The van der Waals surface area contributed by atoms with Crippen molar-refractivity contribution in [2.75, 3.05) is 6.54 Å². The third-order valence-corrected chi connectivity index (χ3v) is 2.93. The number of hydrogen-bond acceptors (Lipinski definition) is 2. The van der Waals surface area contributed by atoms with E-state index in [1.807, 2.05) is 24.3 Å². The summed E-state index contributed by atoms with van der Waals surface area (Å²) in [6, 6.07) is 13.7. The Morgan fingerprint density at radius 1 is 1.06 bits per heavy atom. The number of benzene rings is 2. The molecule has 0 aliphatic carbocycles. The van der Waals surface area contributed by atoms with Crippen LogP contribution in [-0.2, 0) is 6.42 Å².